The van der Waals surface area contributed by atoms with Crippen LogP contribution < -0.4 is 10.6 Å². The minimum atomic E-state index is 0.707. The molecule has 2 aromatic rings. The molecule has 0 aliphatic rings. The summed E-state index contributed by atoms with van der Waals surface area (Å²) in [5.74, 6) is 0. The second kappa shape index (κ2) is 10.2. The lowest BCUT2D eigenvalue weighted by Gasteiger charge is -2.07. The smallest absolute Gasteiger partial charge is 0.0991 e. The van der Waals surface area contributed by atoms with Gasteiger partial charge < -0.3 is 10.6 Å². The fraction of sp³-hybridized carbons (Fsp3) is 0.300. The van der Waals surface area contributed by atoms with Crippen molar-refractivity contribution in [1.29, 1.82) is 10.5 Å². The van der Waals surface area contributed by atoms with Crippen LogP contribution in [0.4, 0.5) is 0 Å². The number of rotatable bonds is 9. The molecule has 2 N–H and O–H groups in total. The Morgan fingerprint density at radius 1 is 0.708 bits per heavy atom. The number of nitrogens with one attached hydrogen (secondary N) is 2. The molecule has 0 amide bonds. The van der Waals surface area contributed by atoms with E-state index in [1.165, 1.54) is 0 Å². The van der Waals surface area contributed by atoms with Gasteiger partial charge in [0, 0.05) is 13.1 Å². The van der Waals surface area contributed by atoms with E-state index in [0.717, 1.165) is 50.1 Å². The molecular weight excluding hydrogens is 296 g/mol. The van der Waals surface area contributed by atoms with Crippen molar-refractivity contribution in [2.45, 2.75) is 25.9 Å². The molecule has 0 saturated heterocycles. The van der Waals surface area contributed by atoms with E-state index in [2.05, 4.69) is 22.8 Å². The predicted molar refractivity (Wildman–Crippen MR) is 95.0 cm³/mol. The molecule has 4 heteroatoms. The summed E-state index contributed by atoms with van der Waals surface area (Å²) >= 11 is 0. The number of nitrogens with zero attached hydrogens (tertiary/aromatic N) is 2. The van der Waals surface area contributed by atoms with E-state index in [9.17, 15) is 0 Å². The number of nitriles is 2. The van der Waals surface area contributed by atoms with Gasteiger partial charge in [-0.15, -0.1) is 0 Å². The monoisotopic (exact) mass is 318 g/mol. The van der Waals surface area contributed by atoms with E-state index >= 15 is 0 Å². The Bertz CT molecular complexity index is 661. The van der Waals surface area contributed by atoms with Gasteiger partial charge in [-0.1, -0.05) is 24.3 Å². The highest BCUT2D eigenvalue weighted by atomic mass is 14.9. The predicted octanol–water partition coefficient (Wildman–Crippen LogP) is 3.09. The lowest BCUT2D eigenvalue weighted by Crippen LogP contribution is -2.18. The average molecular weight is 318 g/mol. The zero-order valence-corrected chi connectivity index (χ0v) is 13.8. The van der Waals surface area contributed by atoms with Gasteiger partial charge in [0.2, 0.25) is 0 Å². The largest absolute Gasteiger partial charge is 0.313 e. The first-order chi connectivity index (χ1) is 11.8. The van der Waals surface area contributed by atoms with Crippen molar-refractivity contribution in [3.63, 3.8) is 0 Å². The summed E-state index contributed by atoms with van der Waals surface area (Å²) in [4.78, 5) is 0. The SMILES string of the molecule is N#Cc1cccc(CNCCCCNCc2cccc(C#N)c2)c1. The summed E-state index contributed by atoms with van der Waals surface area (Å²) < 4.78 is 0. The van der Waals surface area contributed by atoms with Crippen molar-refractivity contribution in [3.8, 4) is 12.1 Å². The highest BCUT2D eigenvalue weighted by Gasteiger charge is 1.97. The Hall–Kier alpha value is -2.66. The maximum Gasteiger partial charge on any atom is 0.0991 e. The molecule has 0 atom stereocenters. The maximum absolute atomic E-state index is 8.87. The van der Waals surface area contributed by atoms with Crippen LogP contribution >= 0.6 is 0 Å². The van der Waals surface area contributed by atoms with Crippen LogP contribution in [0.3, 0.4) is 0 Å². The van der Waals surface area contributed by atoms with Crippen LogP contribution in [-0.2, 0) is 13.1 Å². The molecular formula is C20H22N4. The van der Waals surface area contributed by atoms with Crippen molar-refractivity contribution in [2.24, 2.45) is 0 Å². The minimum absolute atomic E-state index is 0.707. The molecule has 0 heterocycles. The van der Waals surface area contributed by atoms with E-state index < -0.39 is 0 Å². The molecule has 24 heavy (non-hydrogen) atoms. The molecule has 2 aromatic carbocycles. The molecule has 0 saturated carbocycles. The van der Waals surface area contributed by atoms with Crippen molar-refractivity contribution < 1.29 is 0 Å². The van der Waals surface area contributed by atoms with Gasteiger partial charge in [-0.05, 0) is 61.3 Å². The first kappa shape index (κ1) is 17.7. The summed E-state index contributed by atoms with van der Waals surface area (Å²) in [5, 5.41) is 24.6. The molecule has 0 aliphatic heterocycles. The van der Waals surface area contributed by atoms with Gasteiger partial charge in [-0.25, -0.2) is 0 Å². The standard InChI is InChI=1S/C20H22N4/c21-13-17-5-3-7-19(11-17)15-23-9-1-2-10-24-16-20-8-4-6-18(12-20)14-22/h3-8,11-12,23-24H,1-2,9-10,15-16H2. The molecule has 0 radical (unpaired) electrons. The van der Waals surface area contributed by atoms with Crippen LogP contribution in [0.2, 0.25) is 0 Å². The lowest BCUT2D eigenvalue weighted by molar-refractivity contribution is 0.582. The van der Waals surface area contributed by atoms with Crippen LogP contribution in [0, 0.1) is 22.7 Å². The lowest BCUT2D eigenvalue weighted by atomic mass is 10.1. The van der Waals surface area contributed by atoms with Crippen LogP contribution in [0.15, 0.2) is 48.5 Å². The summed E-state index contributed by atoms with van der Waals surface area (Å²) in [5.41, 5.74) is 3.70. The van der Waals surface area contributed by atoms with Crippen LogP contribution in [0.1, 0.15) is 35.1 Å². The quantitative estimate of drug-likeness (QED) is 0.697. The van der Waals surface area contributed by atoms with Crippen molar-refractivity contribution in [3.05, 3.63) is 70.8 Å². The van der Waals surface area contributed by atoms with E-state index in [4.69, 9.17) is 10.5 Å². The van der Waals surface area contributed by atoms with Gasteiger partial charge in [0.1, 0.15) is 0 Å². The first-order valence-corrected chi connectivity index (χ1v) is 8.21. The normalized spacial score (nSPS) is 10.1. The minimum Gasteiger partial charge on any atom is -0.313 e. The van der Waals surface area contributed by atoms with Gasteiger partial charge in [0.05, 0.1) is 23.3 Å². The van der Waals surface area contributed by atoms with Crippen molar-refractivity contribution in [1.82, 2.24) is 10.6 Å². The molecule has 0 aromatic heterocycles. The Morgan fingerprint density at radius 3 is 1.58 bits per heavy atom. The number of hydrogen-bond acceptors (Lipinski definition) is 4. The fourth-order valence-electron chi connectivity index (χ4n) is 2.47. The third kappa shape index (κ3) is 6.22. The second-order valence-electron chi connectivity index (χ2n) is 5.69. The fourth-order valence-corrected chi connectivity index (χ4v) is 2.47. The molecule has 0 aliphatic carbocycles. The molecule has 0 bridgehead atoms. The highest BCUT2D eigenvalue weighted by molar-refractivity contribution is 5.33. The Kier molecular flexibility index (Phi) is 7.50. The molecule has 0 fully saturated rings. The number of benzene rings is 2. The summed E-state index contributed by atoms with van der Waals surface area (Å²) in [6.45, 7) is 3.51. The third-order valence-corrected chi connectivity index (χ3v) is 3.73. The maximum atomic E-state index is 8.87. The molecule has 122 valence electrons. The van der Waals surface area contributed by atoms with E-state index in [0.29, 0.717) is 11.1 Å². The topological polar surface area (TPSA) is 71.6 Å². The Balaban J connectivity index is 1.54. The summed E-state index contributed by atoms with van der Waals surface area (Å²) in [6.07, 6.45) is 2.20. The third-order valence-electron chi connectivity index (χ3n) is 3.73. The van der Waals surface area contributed by atoms with E-state index in [1.54, 1.807) is 0 Å². The first-order valence-electron chi connectivity index (χ1n) is 8.21. The molecule has 0 unspecified atom stereocenters. The number of unbranched alkanes of at least 4 members (excludes halogenated alkanes) is 1. The van der Waals surface area contributed by atoms with Crippen molar-refractivity contribution in [2.75, 3.05) is 13.1 Å². The van der Waals surface area contributed by atoms with Crippen LogP contribution in [0.25, 0.3) is 0 Å². The summed E-state index contributed by atoms with van der Waals surface area (Å²) in [7, 11) is 0. The molecule has 2 rings (SSSR count). The second-order valence-corrected chi connectivity index (χ2v) is 5.69. The average Bonchev–Trinajstić information content (AvgIpc) is 2.64. The van der Waals surface area contributed by atoms with Crippen LogP contribution in [-0.4, -0.2) is 13.1 Å². The van der Waals surface area contributed by atoms with E-state index in [1.807, 2.05) is 48.5 Å². The van der Waals surface area contributed by atoms with Gasteiger partial charge in [0.15, 0.2) is 0 Å². The zero-order chi connectivity index (χ0) is 17.0. The highest BCUT2D eigenvalue weighted by Crippen LogP contribution is 2.04. The summed E-state index contributed by atoms with van der Waals surface area (Å²) in [6, 6.07) is 19.7. The Morgan fingerprint density at radius 2 is 1.17 bits per heavy atom. The van der Waals surface area contributed by atoms with E-state index in [-0.39, 0.29) is 0 Å². The van der Waals surface area contributed by atoms with Crippen molar-refractivity contribution >= 4 is 0 Å². The number of hydrogen-bond donors (Lipinski definition) is 2. The Labute approximate surface area is 143 Å². The van der Waals surface area contributed by atoms with Gasteiger partial charge in [0.25, 0.3) is 0 Å². The van der Waals surface area contributed by atoms with Gasteiger partial charge in [-0.2, -0.15) is 10.5 Å². The zero-order valence-electron chi connectivity index (χ0n) is 13.8. The van der Waals surface area contributed by atoms with Gasteiger partial charge >= 0.3 is 0 Å². The molecule has 4 nitrogen and oxygen atoms in total. The van der Waals surface area contributed by atoms with Gasteiger partial charge in [-0.3, -0.25) is 0 Å². The molecule has 0 spiro atoms. The van der Waals surface area contributed by atoms with Crippen LogP contribution in [0.5, 0.6) is 0 Å².